The first-order valence-electron chi connectivity index (χ1n) is 3.68. The van der Waals surface area contributed by atoms with Crippen LogP contribution in [0, 0.1) is 6.92 Å². The minimum atomic E-state index is -0.976. The first kappa shape index (κ1) is 9.64. The van der Waals surface area contributed by atoms with Gasteiger partial charge in [0.15, 0.2) is 0 Å². The highest BCUT2D eigenvalue weighted by Gasteiger charge is 2.19. The van der Waals surface area contributed by atoms with E-state index in [2.05, 4.69) is 12.6 Å². The van der Waals surface area contributed by atoms with Crippen molar-refractivity contribution in [3.8, 4) is 0 Å². The predicted molar refractivity (Wildman–Crippen MR) is 48.3 cm³/mol. The van der Waals surface area contributed by atoms with Gasteiger partial charge in [-0.25, -0.2) is 0 Å². The highest BCUT2D eigenvalue weighted by molar-refractivity contribution is 7.80. The van der Waals surface area contributed by atoms with Crippen LogP contribution in [0.4, 0.5) is 0 Å². The van der Waals surface area contributed by atoms with Gasteiger partial charge >= 0.3 is 0 Å². The molecule has 1 rings (SSSR count). The molecule has 2 N–H and O–H groups in total. The topological polar surface area (TPSA) is 53.6 Å². The maximum Gasteiger partial charge on any atom is 0.138 e. The molecule has 2 atom stereocenters. The third-order valence-corrected chi connectivity index (χ3v) is 1.98. The van der Waals surface area contributed by atoms with Gasteiger partial charge in [-0.3, -0.25) is 0 Å². The van der Waals surface area contributed by atoms with Gasteiger partial charge in [-0.15, -0.1) is 0 Å². The molecule has 0 aliphatic heterocycles. The van der Waals surface area contributed by atoms with Gasteiger partial charge in [-0.1, -0.05) is 0 Å². The molecule has 68 valence electrons. The van der Waals surface area contributed by atoms with E-state index in [-0.39, 0.29) is 5.75 Å². The lowest BCUT2D eigenvalue weighted by atomic mass is 10.2. The molecular formula is C8H12O3S. The molecule has 1 heterocycles. The molecule has 0 bridgehead atoms. The van der Waals surface area contributed by atoms with Crippen molar-refractivity contribution in [2.75, 3.05) is 5.75 Å². The quantitative estimate of drug-likeness (QED) is 0.618. The number of aliphatic hydroxyl groups excluding tert-OH is 2. The number of hydrogen-bond acceptors (Lipinski definition) is 4. The molecule has 3 nitrogen and oxygen atoms in total. The van der Waals surface area contributed by atoms with Crippen LogP contribution in [-0.4, -0.2) is 22.1 Å². The van der Waals surface area contributed by atoms with Gasteiger partial charge in [0.05, 0.1) is 6.10 Å². The van der Waals surface area contributed by atoms with Crippen molar-refractivity contribution in [2.24, 2.45) is 0 Å². The van der Waals surface area contributed by atoms with Crippen molar-refractivity contribution in [2.45, 2.75) is 19.1 Å². The third kappa shape index (κ3) is 2.03. The summed E-state index contributed by atoms with van der Waals surface area (Å²) in [6.07, 6.45) is -1.85. The molecule has 0 saturated heterocycles. The van der Waals surface area contributed by atoms with E-state index in [0.717, 1.165) is 5.76 Å². The summed E-state index contributed by atoms with van der Waals surface area (Å²) in [5.41, 5.74) is 0. The van der Waals surface area contributed by atoms with Gasteiger partial charge < -0.3 is 14.6 Å². The molecule has 0 aliphatic carbocycles. The standard InChI is InChI=1S/C8H12O3S/c1-5-2-3-7(11-5)8(10)6(9)4-12/h2-3,6,8-10,12H,4H2,1H3. The Kier molecular flexibility index (Phi) is 3.20. The summed E-state index contributed by atoms with van der Waals surface area (Å²) < 4.78 is 5.12. The number of rotatable bonds is 3. The van der Waals surface area contributed by atoms with Gasteiger partial charge in [-0.05, 0) is 19.1 Å². The molecule has 12 heavy (non-hydrogen) atoms. The number of thiol groups is 1. The first-order valence-corrected chi connectivity index (χ1v) is 4.31. The van der Waals surface area contributed by atoms with Crippen molar-refractivity contribution in [3.05, 3.63) is 23.7 Å². The summed E-state index contributed by atoms with van der Waals surface area (Å²) in [6, 6.07) is 3.39. The molecule has 0 aromatic carbocycles. The summed E-state index contributed by atoms with van der Waals surface area (Å²) in [5.74, 6) is 1.31. The van der Waals surface area contributed by atoms with Crippen LogP contribution in [0.1, 0.15) is 17.6 Å². The molecule has 2 unspecified atom stereocenters. The van der Waals surface area contributed by atoms with Gasteiger partial charge in [0.2, 0.25) is 0 Å². The van der Waals surface area contributed by atoms with Gasteiger partial charge in [-0.2, -0.15) is 12.6 Å². The second kappa shape index (κ2) is 3.98. The van der Waals surface area contributed by atoms with E-state index in [1.54, 1.807) is 19.1 Å². The van der Waals surface area contributed by atoms with Gasteiger partial charge in [0.25, 0.3) is 0 Å². The van der Waals surface area contributed by atoms with Gasteiger partial charge in [0.1, 0.15) is 17.6 Å². The largest absolute Gasteiger partial charge is 0.464 e. The zero-order chi connectivity index (χ0) is 9.14. The van der Waals surface area contributed by atoms with Crippen LogP contribution in [0.5, 0.6) is 0 Å². The molecule has 1 aromatic heterocycles. The smallest absolute Gasteiger partial charge is 0.138 e. The van der Waals surface area contributed by atoms with E-state index in [9.17, 15) is 10.2 Å². The SMILES string of the molecule is Cc1ccc(C(O)C(O)CS)o1. The second-order valence-electron chi connectivity index (χ2n) is 2.64. The van der Waals surface area contributed by atoms with Crippen molar-refractivity contribution in [1.82, 2.24) is 0 Å². The summed E-state index contributed by atoms with van der Waals surface area (Å²) in [6.45, 7) is 1.78. The molecule has 4 heteroatoms. The summed E-state index contributed by atoms with van der Waals surface area (Å²) >= 11 is 3.86. The molecule has 0 aliphatic rings. The second-order valence-corrected chi connectivity index (χ2v) is 3.01. The molecular weight excluding hydrogens is 176 g/mol. The van der Waals surface area contributed by atoms with Crippen molar-refractivity contribution in [3.63, 3.8) is 0 Å². The Balaban J connectivity index is 2.70. The summed E-state index contributed by atoms with van der Waals surface area (Å²) in [5, 5.41) is 18.6. The lowest BCUT2D eigenvalue weighted by Crippen LogP contribution is -2.19. The minimum absolute atomic E-state index is 0.209. The Bertz CT molecular complexity index is 246. The monoisotopic (exact) mass is 188 g/mol. The predicted octanol–water partition coefficient (Wildman–Crippen LogP) is 0.912. The zero-order valence-corrected chi connectivity index (χ0v) is 7.66. The zero-order valence-electron chi connectivity index (χ0n) is 6.77. The van der Waals surface area contributed by atoms with Crippen LogP contribution < -0.4 is 0 Å². The lowest BCUT2D eigenvalue weighted by Gasteiger charge is -2.12. The van der Waals surface area contributed by atoms with E-state index < -0.39 is 12.2 Å². The molecule has 0 spiro atoms. The molecule has 0 fully saturated rings. The average Bonchev–Trinajstić information content (AvgIpc) is 2.49. The van der Waals surface area contributed by atoms with Crippen LogP contribution in [0.25, 0.3) is 0 Å². The number of hydrogen-bond donors (Lipinski definition) is 3. The minimum Gasteiger partial charge on any atom is -0.464 e. The first-order chi connectivity index (χ1) is 5.65. The Morgan fingerprint density at radius 1 is 1.50 bits per heavy atom. The Morgan fingerprint density at radius 2 is 2.17 bits per heavy atom. The fourth-order valence-electron chi connectivity index (χ4n) is 0.902. The van der Waals surface area contributed by atoms with E-state index >= 15 is 0 Å². The van der Waals surface area contributed by atoms with Crippen LogP contribution in [0.2, 0.25) is 0 Å². The van der Waals surface area contributed by atoms with E-state index in [1.807, 2.05) is 0 Å². The van der Waals surface area contributed by atoms with Gasteiger partial charge in [0, 0.05) is 5.75 Å². The van der Waals surface area contributed by atoms with Crippen LogP contribution in [0.3, 0.4) is 0 Å². The number of aryl methyl sites for hydroxylation is 1. The third-order valence-electron chi connectivity index (χ3n) is 1.60. The van der Waals surface area contributed by atoms with Crippen molar-refractivity contribution < 1.29 is 14.6 Å². The van der Waals surface area contributed by atoms with E-state index in [4.69, 9.17) is 4.42 Å². The lowest BCUT2D eigenvalue weighted by molar-refractivity contribution is 0.0194. The van der Waals surface area contributed by atoms with Crippen molar-refractivity contribution in [1.29, 1.82) is 0 Å². The fraction of sp³-hybridized carbons (Fsp3) is 0.500. The maximum absolute atomic E-state index is 9.41. The Hall–Kier alpha value is -0.450. The average molecular weight is 188 g/mol. The Labute approximate surface area is 76.4 Å². The number of aliphatic hydroxyl groups is 2. The highest BCUT2D eigenvalue weighted by Crippen LogP contribution is 2.19. The molecule has 0 saturated carbocycles. The maximum atomic E-state index is 9.41. The van der Waals surface area contributed by atoms with Crippen LogP contribution in [-0.2, 0) is 0 Å². The van der Waals surface area contributed by atoms with E-state index in [1.165, 1.54) is 0 Å². The molecule has 0 amide bonds. The summed E-state index contributed by atoms with van der Waals surface area (Å²) in [4.78, 5) is 0. The Morgan fingerprint density at radius 3 is 2.58 bits per heavy atom. The molecule has 1 aromatic rings. The normalized spacial score (nSPS) is 16.0. The number of furan rings is 1. The van der Waals surface area contributed by atoms with E-state index in [0.29, 0.717) is 5.76 Å². The van der Waals surface area contributed by atoms with Crippen LogP contribution >= 0.6 is 12.6 Å². The summed E-state index contributed by atoms with van der Waals surface area (Å²) in [7, 11) is 0. The fourth-order valence-corrected chi connectivity index (χ4v) is 1.10. The van der Waals surface area contributed by atoms with Crippen LogP contribution in [0.15, 0.2) is 16.5 Å². The van der Waals surface area contributed by atoms with Crippen molar-refractivity contribution >= 4 is 12.6 Å². The highest BCUT2D eigenvalue weighted by atomic mass is 32.1. The molecule has 0 radical (unpaired) electrons.